The van der Waals surface area contributed by atoms with Crippen LogP contribution in [-0.2, 0) is 33.3 Å². The minimum absolute atomic E-state index is 0.0425. The van der Waals surface area contributed by atoms with Gasteiger partial charge in [-0.25, -0.2) is 4.79 Å². The van der Waals surface area contributed by atoms with Gasteiger partial charge in [0.15, 0.2) is 5.79 Å². The molecular formula is C48H73NO17. The zero-order chi connectivity index (χ0) is 48.9. The number of aliphatic hydroxyl groups excluding tert-OH is 7. The van der Waals surface area contributed by atoms with Crippen LogP contribution in [0.5, 0.6) is 0 Å². The number of esters is 1. The molecule has 4 aliphatic heterocycles. The average Bonchev–Trinajstić information content (AvgIpc) is 3.62. The van der Waals surface area contributed by atoms with Crippen LogP contribution in [0.4, 0.5) is 0 Å². The number of hydrogen-bond donors (Lipinski definition) is 11. The van der Waals surface area contributed by atoms with Gasteiger partial charge in [-0.2, -0.15) is 0 Å². The monoisotopic (exact) mass is 935 g/mol. The van der Waals surface area contributed by atoms with Crippen LogP contribution in [-0.4, -0.2) is 166 Å². The van der Waals surface area contributed by atoms with Crippen molar-refractivity contribution >= 4 is 17.8 Å². The number of aliphatic carboxylic acids is 1. The molecule has 0 saturated carbocycles. The first-order valence-corrected chi connectivity index (χ1v) is 22.9. The zero-order valence-corrected chi connectivity index (χ0v) is 38.4. The van der Waals surface area contributed by atoms with Crippen LogP contribution in [0.25, 0.3) is 0 Å². The first-order valence-electron chi connectivity index (χ1n) is 22.9. The Morgan fingerprint density at radius 2 is 1.68 bits per heavy atom. The molecule has 4 aliphatic rings. The van der Waals surface area contributed by atoms with Gasteiger partial charge < -0.3 is 75.3 Å². The summed E-state index contributed by atoms with van der Waals surface area (Å²) in [5.74, 6) is -4.53. The SMILES string of the molecule is C=C1C/C=C/CNC(=O)CC[C@]2(O)O[C@H](CC/C=C(/C)C[C@@H](/C=C/C[C@H]3O[C@H]([C@@H](O)[C@H](O)[C@@H](O)C[C@H]4O[C@H](CC(=O)O)[C@@H](O)[C@H](O)[C@H]4O)C[C@@H]3C)OC(=O)/C=C/C(C)=C/C1)C[C@](C)(O)[C@H]2O. The van der Waals surface area contributed by atoms with Crippen LogP contribution in [0.2, 0.25) is 0 Å². The molecule has 4 heterocycles. The van der Waals surface area contributed by atoms with E-state index in [2.05, 4.69) is 11.9 Å². The maximum atomic E-state index is 13.2. The summed E-state index contributed by atoms with van der Waals surface area (Å²) < 4.78 is 23.4. The second kappa shape index (κ2) is 25.1. The number of cyclic esters (lactones) is 1. The summed E-state index contributed by atoms with van der Waals surface area (Å²) in [6, 6.07) is 0. The van der Waals surface area contributed by atoms with Crippen molar-refractivity contribution in [3.05, 3.63) is 71.9 Å². The highest BCUT2D eigenvalue weighted by molar-refractivity contribution is 5.82. The van der Waals surface area contributed by atoms with E-state index in [4.69, 9.17) is 24.1 Å². The molecular weight excluding hydrogens is 863 g/mol. The van der Waals surface area contributed by atoms with Gasteiger partial charge in [-0.15, -0.1) is 0 Å². The molecule has 0 radical (unpaired) electrons. The van der Waals surface area contributed by atoms with Crippen molar-refractivity contribution in [2.75, 3.05) is 6.54 Å². The van der Waals surface area contributed by atoms with Crippen LogP contribution in [0.1, 0.15) is 105 Å². The largest absolute Gasteiger partial charge is 0.481 e. The van der Waals surface area contributed by atoms with Crippen molar-refractivity contribution in [1.29, 1.82) is 0 Å². The second-order valence-electron chi connectivity index (χ2n) is 18.7. The van der Waals surface area contributed by atoms with Crippen molar-refractivity contribution in [2.45, 2.75) is 195 Å². The first-order chi connectivity index (χ1) is 31.0. The fraction of sp³-hybridized carbons (Fsp3) is 0.688. The van der Waals surface area contributed by atoms with Crippen LogP contribution >= 0.6 is 0 Å². The minimum Gasteiger partial charge on any atom is -0.481 e. The molecule has 3 fully saturated rings. The first kappa shape index (κ1) is 55.0. The van der Waals surface area contributed by atoms with Gasteiger partial charge in [0.1, 0.15) is 42.7 Å². The van der Waals surface area contributed by atoms with E-state index in [1.54, 1.807) is 24.3 Å². The number of aliphatic hydroxyl groups is 9. The molecule has 0 spiro atoms. The summed E-state index contributed by atoms with van der Waals surface area (Å²) >= 11 is 0. The Hall–Kier alpha value is -3.63. The molecule has 16 atom stereocenters. The Morgan fingerprint density at radius 3 is 2.39 bits per heavy atom. The van der Waals surface area contributed by atoms with Gasteiger partial charge in [0.2, 0.25) is 5.91 Å². The standard InChI is InChI=1S/C48H73NO17/c1-27-10-6-7-21-49-38(51)19-20-48(62)46(60)47(5,61)26-32(66-48)13-8-11-29(3)22-31(63-40(54)18-17-28(2)16-15-27)12-9-14-34-30(4)23-35(64-34)42(56)41(55)33(50)24-36-43(57)45(59)44(58)37(65-36)25-39(52)53/h6-7,9,11-12,16-18,30-37,41-46,50,55-62H,1,8,10,13-15,19-26H2,2-5H3,(H,49,51)(H,52,53)/b7-6+,12-9+,18-17+,28-16+,29-11-/t30-,31+,32+,33-,34+,35-,36+,37+,41+,42+,43-,44+,45+,46+,47-,48-/m0/s1. The number of allylic oxidation sites excluding steroid dienone is 6. The van der Waals surface area contributed by atoms with Crippen LogP contribution in [0.15, 0.2) is 71.9 Å². The maximum absolute atomic E-state index is 13.2. The zero-order valence-electron chi connectivity index (χ0n) is 38.4. The lowest BCUT2D eigenvalue weighted by molar-refractivity contribution is -0.344. The highest BCUT2D eigenvalue weighted by Gasteiger charge is 2.54. The van der Waals surface area contributed by atoms with Crippen molar-refractivity contribution in [2.24, 2.45) is 5.92 Å². The summed E-state index contributed by atoms with van der Waals surface area (Å²) in [4.78, 5) is 37.0. The second-order valence-corrected chi connectivity index (χ2v) is 18.7. The highest BCUT2D eigenvalue weighted by atomic mass is 16.7. The Kier molecular flexibility index (Phi) is 20.9. The summed E-state index contributed by atoms with van der Waals surface area (Å²) in [7, 11) is 0. The Labute approximate surface area is 386 Å². The van der Waals surface area contributed by atoms with Gasteiger partial charge >= 0.3 is 11.9 Å². The number of rotatable bonds is 10. The molecule has 0 aromatic carbocycles. The molecule has 0 unspecified atom stereocenters. The number of hydrogen-bond acceptors (Lipinski definition) is 16. The molecule has 18 nitrogen and oxygen atoms in total. The van der Waals surface area contributed by atoms with Gasteiger partial charge in [0.25, 0.3) is 0 Å². The number of fused-ring (bicyclic) bond motifs is 2. The molecule has 3 saturated heterocycles. The highest BCUT2D eigenvalue weighted by Crippen LogP contribution is 2.39. The molecule has 2 bridgehead atoms. The van der Waals surface area contributed by atoms with Crippen molar-refractivity contribution in [3.63, 3.8) is 0 Å². The lowest BCUT2D eigenvalue weighted by Crippen LogP contribution is -2.63. The molecule has 1 amide bonds. The van der Waals surface area contributed by atoms with E-state index in [1.165, 1.54) is 13.0 Å². The van der Waals surface area contributed by atoms with E-state index in [-0.39, 0.29) is 37.6 Å². The molecule has 66 heavy (non-hydrogen) atoms. The predicted octanol–water partition coefficient (Wildman–Crippen LogP) is 1.45. The summed E-state index contributed by atoms with van der Waals surface area (Å²) in [6.07, 6.45) is -1.88. The molecule has 4 rings (SSSR count). The lowest BCUT2D eigenvalue weighted by Gasteiger charge is -2.48. The predicted molar refractivity (Wildman–Crippen MR) is 239 cm³/mol. The molecule has 18 heteroatoms. The Morgan fingerprint density at radius 1 is 0.970 bits per heavy atom. The molecule has 0 aromatic rings. The third-order valence-corrected chi connectivity index (χ3v) is 12.8. The normalized spacial score (nSPS) is 40.3. The number of amides is 1. The third-order valence-electron chi connectivity index (χ3n) is 12.8. The van der Waals surface area contributed by atoms with E-state index in [1.807, 2.05) is 39.0 Å². The Balaban J connectivity index is 1.43. The smallest absolute Gasteiger partial charge is 0.331 e. The van der Waals surface area contributed by atoms with Gasteiger partial charge in [-0.1, -0.05) is 66.7 Å². The van der Waals surface area contributed by atoms with E-state index < -0.39 is 116 Å². The van der Waals surface area contributed by atoms with Crippen LogP contribution < -0.4 is 5.32 Å². The minimum atomic E-state index is -2.16. The number of carboxylic acids is 1. The summed E-state index contributed by atoms with van der Waals surface area (Å²) in [5.41, 5.74) is 0.895. The molecule has 372 valence electrons. The fourth-order valence-electron chi connectivity index (χ4n) is 8.80. The molecule has 0 aliphatic carbocycles. The van der Waals surface area contributed by atoms with E-state index in [9.17, 15) is 60.3 Å². The number of carboxylic acid groups (broad SMARTS) is 1. The number of carbonyl (C=O) groups excluding carboxylic acids is 2. The van der Waals surface area contributed by atoms with Crippen molar-refractivity contribution in [1.82, 2.24) is 5.32 Å². The van der Waals surface area contributed by atoms with Gasteiger partial charge in [0.05, 0.1) is 48.6 Å². The van der Waals surface area contributed by atoms with Gasteiger partial charge in [0, 0.05) is 44.7 Å². The number of carbonyl (C=O) groups is 3. The van der Waals surface area contributed by atoms with Gasteiger partial charge in [-0.3, -0.25) is 9.59 Å². The van der Waals surface area contributed by atoms with E-state index in [0.717, 1.165) is 16.7 Å². The topological polar surface area (TPSA) is 302 Å². The Bertz CT molecular complexity index is 1790. The van der Waals surface area contributed by atoms with Crippen LogP contribution in [0, 0.1) is 5.92 Å². The maximum Gasteiger partial charge on any atom is 0.331 e. The van der Waals surface area contributed by atoms with E-state index in [0.29, 0.717) is 44.9 Å². The number of nitrogens with one attached hydrogen (secondary N) is 1. The van der Waals surface area contributed by atoms with Crippen molar-refractivity contribution < 1.29 is 84.4 Å². The molecule has 0 aromatic heterocycles. The van der Waals surface area contributed by atoms with E-state index >= 15 is 0 Å². The quantitative estimate of drug-likeness (QED) is 0.109. The number of ether oxygens (including phenoxy) is 4. The fourth-order valence-corrected chi connectivity index (χ4v) is 8.80. The third kappa shape index (κ3) is 16.3. The van der Waals surface area contributed by atoms with Gasteiger partial charge in [-0.05, 0) is 71.3 Å². The average molecular weight is 936 g/mol. The molecule has 11 N–H and O–H groups in total. The lowest BCUT2D eigenvalue weighted by atomic mass is 9.81. The van der Waals surface area contributed by atoms with Crippen molar-refractivity contribution in [3.8, 4) is 0 Å². The summed E-state index contributed by atoms with van der Waals surface area (Å²) in [5, 5.41) is 109. The summed E-state index contributed by atoms with van der Waals surface area (Å²) in [6.45, 7) is 11.4. The van der Waals surface area contributed by atoms with Crippen LogP contribution in [0.3, 0.4) is 0 Å².